The average Bonchev–Trinajstić information content (AvgIpc) is 2.77. The Morgan fingerprint density at radius 1 is 1.41 bits per heavy atom. The van der Waals surface area contributed by atoms with Crippen molar-refractivity contribution in [3.8, 4) is 0 Å². The highest BCUT2D eigenvalue weighted by atomic mass is 35.5. The van der Waals surface area contributed by atoms with E-state index in [2.05, 4.69) is 29.4 Å². The molecule has 1 atom stereocenters. The van der Waals surface area contributed by atoms with Crippen LogP contribution in [0.5, 0.6) is 0 Å². The van der Waals surface area contributed by atoms with E-state index in [0.717, 1.165) is 27.1 Å². The number of aromatic nitrogens is 2. The molecule has 0 radical (unpaired) electrons. The number of halogens is 1. The topological polar surface area (TPSA) is 37.8 Å². The third-order valence-electron chi connectivity index (χ3n) is 2.46. The maximum atomic E-state index is 5.97. The van der Waals surface area contributed by atoms with Crippen LogP contribution in [0.4, 0.5) is 5.13 Å². The Bertz CT molecular complexity index is 498. The van der Waals surface area contributed by atoms with E-state index in [1.807, 2.05) is 24.3 Å². The molecule has 90 valence electrons. The number of rotatable bonds is 4. The van der Waals surface area contributed by atoms with Crippen molar-refractivity contribution in [2.45, 2.75) is 26.3 Å². The molecule has 0 spiro atoms. The number of hydrogen-bond donors (Lipinski definition) is 1. The van der Waals surface area contributed by atoms with Gasteiger partial charge < -0.3 is 5.32 Å². The molecule has 0 saturated heterocycles. The van der Waals surface area contributed by atoms with Gasteiger partial charge >= 0.3 is 0 Å². The second-order valence-corrected chi connectivity index (χ2v) is 5.27. The Hall–Kier alpha value is -1.13. The molecule has 1 aromatic carbocycles. The first-order valence-electron chi connectivity index (χ1n) is 5.53. The Labute approximate surface area is 110 Å². The summed E-state index contributed by atoms with van der Waals surface area (Å²) in [5.74, 6) is 0. The van der Waals surface area contributed by atoms with Crippen LogP contribution in [0, 0.1) is 0 Å². The van der Waals surface area contributed by atoms with Crippen molar-refractivity contribution in [1.29, 1.82) is 0 Å². The maximum absolute atomic E-state index is 5.97. The normalized spacial score (nSPS) is 12.4. The van der Waals surface area contributed by atoms with E-state index in [9.17, 15) is 0 Å². The van der Waals surface area contributed by atoms with Crippen LogP contribution >= 0.6 is 22.9 Å². The fraction of sp³-hybridized carbons (Fsp3) is 0.333. The van der Waals surface area contributed by atoms with Crippen LogP contribution in [-0.2, 0) is 6.42 Å². The molecule has 0 aliphatic carbocycles. The van der Waals surface area contributed by atoms with Crippen molar-refractivity contribution in [1.82, 2.24) is 10.2 Å². The summed E-state index contributed by atoms with van der Waals surface area (Å²) >= 11 is 7.56. The van der Waals surface area contributed by atoms with Gasteiger partial charge in [0.2, 0.25) is 5.13 Å². The summed E-state index contributed by atoms with van der Waals surface area (Å²) in [5.41, 5.74) is 1.14. The van der Waals surface area contributed by atoms with Crippen molar-refractivity contribution >= 4 is 28.1 Å². The molecule has 1 heterocycles. The van der Waals surface area contributed by atoms with Crippen LogP contribution in [0.2, 0.25) is 5.02 Å². The van der Waals surface area contributed by atoms with Crippen LogP contribution in [0.25, 0.3) is 0 Å². The van der Waals surface area contributed by atoms with Crippen LogP contribution in [-0.4, -0.2) is 10.2 Å². The monoisotopic (exact) mass is 267 g/mol. The first-order valence-corrected chi connectivity index (χ1v) is 6.73. The van der Waals surface area contributed by atoms with Crippen LogP contribution in [0.3, 0.4) is 0 Å². The van der Waals surface area contributed by atoms with Crippen molar-refractivity contribution in [3.05, 3.63) is 39.9 Å². The summed E-state index contributed by atoms with van der Waals surface area (Å²) in [4.78, 5) is 0. The Morgan fingerprint density at radius 2 is 2.24 bits per heavy atom. The molecule has 2 rings (SSSR count). The molecule has 1 unspecified atom stereocenters. The van der Waals surface area contributed by atoms with Crippen LogP contribution in [0.15, 0.2) is 24.3 Å². The maximum Gasteiger partial charge on any atom is 0.206 e. The number of aryl methyl sites for hydroxylation is 1. The van der Waals surface area contributed by atoms with Crippen molar-refractivity contribution in [2.75, 3.05) is 5.32 Å². The van der Waals surface area contributed by atoms with Gasteiger partial charge in [0.05, 0.1) is 6.04 Å². The number of hydrogen-bond acceptors (Lipinski definition) is 4. The lowest BCUT2D eigenvalue weighted by atomic mass is 10.1. The SMILES string of the molecule is CCc1nnc(NC(C)c2cccc(Cl)c2)s1. The number of nitrogens with one attached hydrogen (secondary N) is 1. The van der Waals surface area contributed by atoms with E-state index in [1.165, 1.54) is 0 Å². The van der Waals surface area contributed by atoms with Gasteiger partial charge in [-0.25, -0.2) is 0 Å². The second-order valence-electron chi connectivity index (χ2n) is 3.78. The van der Waals surface area contributed by atoms with Gasteiger partial charge in [-0.2, -0.15) is 0 Å². The van der Waals surface area contributed by atoms with Crippen LogP contribution in [0.1, 0.15) is 30.5 Å². The molecule has 0 saturated carbocycles. The number of nitrogens with zero attached hydrogens (tertiary/aromatic N) is 2. The molecule has 0 aliphatic heterocycles. The van der Waals surface area contributed by atoms with E-state index >= 15 is 0 Å². The fourth-order valence-electron chi connectivity index (χ4n) is 1.50. The highest BCUT2D eigenvalue weighted by Crippen LogP contribution is 2.23. The van der Waals surface area contributed by atoms with Crippen molar-refractivity contribution in [3.63, 3.8) is 0 Å². The lowest BCUT2D eigenvalue weighted by molar-refractivity contribution is 0.870. The number of benzene rings is 1. The molecule has 1 N–H and O–H groups in total. The zero-order valence-electron chi connectivity index (χ0n) is 9.77. The molecule has 0 aliphatic rings. The Balaban J connectivity index is 2.08. The van der Waals surface area contributed by atoms with E-state index in [0.29, 0.717) is 0 Å². The molecule has 5 heteroatoms. The molecule has 3 nitrogen and oxygen atoms in total. The lowest BCUT2D eigenvalue weighted by Crippen LogP contribution is -2.06. The van der Waals surface area contributed by atoms with Gasteiger partial charge in [0.1, 0.15) is 5.01 Å². The predicted octanol–water partition coefficient (Wildman–Crippen LogP) is 3.93. The minimum atomic E-state index is 0.173. The summed E-state index contributed by atoms with van der Waals surface area (Å²) in [7, 11) is 0. The number of anilines is 1. The predicted molar refractivity (Wildman–Crippen MR) is 72.8 cm³/mol. The van der Waals surface area contributed by atoms with Gasteiger partial charge in [0.15, 0.2) is 0 Å². The first kappa shape index (κ1) is 12.3. The lowest BCUT2D eigenvalue weighted by Gasteiger charge is -2.12. The quantitative estimate of drug-likeness (QED) is 0.912. The molecular formula is C12H14ClN3S. The highest BCUT2D eigenvalue weighted by Gasteiger charge is 2.08. The summed E-state index contributed by atoms with van der Waals surface area (Å²) in [6, 6.07) is 8.00. The fourth-order valence-corrected chi connectivity index (χ4v) is 2.46. The van der Waals surface area contributed by atoms with Crippen molar-refractivity contribution < 1.29 is 0 Å². The van der Waals surface area contributed by atoms with Gasteiger partial charge in [-0.15, -0.1) is 10.2 Å². The molecule has 0 amide bonds. The van der Waals surface area contributed by atoms with Gasteiger partial charge in [0, 0.05) is 5.02 Å². The Morgan fingerprint density at radius 3 is 2.88 bits per heavy atom. The van der Waals surface area contributed by atoms with Gasteiger partial charge in [-0.1, -0.05) is 42.0 Å². The summed E-state index contributed by atoms with van der Waals surface area (Å²) in [5, 5.41) is 14.2. The highest BCUT2D eigenvalue weighted by molar-refractivity contribution is 7.15. The summed E-state index contributed by atoms with van der Waals surface area (Å²) in [6.07, 6.45) is 0.922. The second kappa shape index (κ2) is 5.47. The Kier molecular flexibility index (Phi) is 3.97. The minimum Gasteiger partial charge on any atom is -0.354 e. The first-order chi connectivity index (χ1) is 8.19. The zero-order valence-corrected chi connectivity index (χ0v) is 11.3. The molecular weight excluding hydrogens is 254 g/mol. The van der Waals surface area contributed by atoms with Gasteiger partial charge in [0.25, 0.3) is 0 Å². The van der Waals surface area contributed by atoms with Crippen molar-refractivity contribution in [2.24, 2.45) is 0 Å². The van der Waals surface area contributed by atoms with Crippen LogP contribution < -0.4 is 5.32 Å². The molecule has 0 bridgehead atoms. The molecule has 17 heavy (non-hydrogen) atoms. The van der Waals surface area contributed by atoms with E-state index in [1.54, 1.807) is 11.3 Å². The zero-order chi connectivity index (χ0) is 12.3. The molecule has 1 aromatic heterocycles. The third kappa shape index (κ3) is 3.17. The summed E-state index contributed by atoms with van der Waals surface area (Å²) < 4.78 is 0. The van der Waals surface area contributed by atoms with E-state index in [4.69, 9.17) is 11.6 Å². The molecule has 0 fully saturated rings. The standard InChI is InChI=1S/C12H14ClN3S/c1-3-11-15-16-12(17-11)14-8(2)9-5-4-6-10(13)7-9/h4-8H,3H2,1-2H3,(H,14,16). The third-order valence-corrected chi connectivity index (χ3v) is 3.69. The average molecular weight is 268 g/mol. The van der Waals surface area contributed by atoms with Gasteiger partial charge in [-0.05, 0) is 31.0 Å². The smallest absolute Gasteiger partial charge is 0.206 e. The summed E-state index contributed by atoms with van der Waals surface area (Å²) in [6.45, 7) is 4.16. The molecule has 2 aromatic rings. The largest absolute Gasteiger partial charge is 0.354 e. The van der Waals surface area contributed by atoms with E-state index in [-0.39, 0.29) is 6.04 Å². The van der Waals surface area contributed by atoms with Gasteiger partial charge in [-0.3, -0.25) is 0 Å². The van der Waals surface area contributed by atoms with E-state index < -0.39 is 0 Å². The minimum absolute atomic E-state index is 0.173.